The minimum atomic E-state index is 0.270. The first kappa shape index (κ1) is 13.5. The summed E-state index contributed by atoms with van der Waals surface area (Å²) in [6, 6.07) is 0. The molecule has 1 aromatic heterocycles. The van der Waals surface area contributed by atoms with E-state index in [1.165, 1.54) is 0 Å². The molecule has 1 saturated heterocycles. The largest absolute Gasteiger partial charge is 0.373 e. The van der Waals surface area contributed by atoms with Crippen molar-refractivity contribution in [2.75, 3.05) is 13.1 Å². The zero-order chi connectivity index (χ0) is 13.1. The van der Waals surface area contributed by atoms with Gasteiger partial charge in [-0.2, -0.15) is 4.98 Å². The first-order valence-electron chi connectivity index (χ1n) is 6.72. The molecule has 0 radical (unpaired) electrons. The molecule has 0 bridgehead atoms. The van der Waals surface area contributed by atoms with E-state index in [0.717, 1.165) is 31.9 Å². The number of hydrogen-bond donors (Lipinski definition) is 0. The average molecular weight is 253 g/mol. The second-order valence-electron chi connectivity index (χ2n) is 5.65. The molecule has 5 heteroatoms. The number of morpholine rings is 1. The lowest BCUT2D eigenvalue weighted by atomic mass is 10.1. The van der Waals surface area contributed by atoms with Crippen molar-refractivity contribution in [2.24, 2.45) is 5.92 Å². The maximum absolute atomic E-state index is 5.70. The van der Waals surface area contributed by atoms with Gasteiger partial charge in [0, 0.05) is 19.5 Å². The van der Waals surface area contributed by atoms with Crippen LogP contribution in [0.25, 0.3) is 0 Å². The zero-order valence-electron chi connectivity index (χ0n) is 11.7. The quantitative estimate of drug-likeness (QED) is 0.820. The summed E-state index contributed by atoms with van der Waals surface area (Å²) in [5.74, 6) is 2.08. The van der Waals surface area contributed by atoms with E-state index in [2.05, 4.69) is 42.7 Å². The lowest BCUT2D eigenvalue weighted by Crippen LogP contribution is -2.44. The number of ether oxygens (including phenoxy) is 1. The topological polar surface area (TPSA) is 51.4 Å². The molecular weight excluding hydrogens is 230 g/mol. The minimum Gasteiger partial charge on any atom is -0.373 e. The summed E-state index contributed by atoms with van der Waals surface area (Å²) in [6.07, 6.45) is 1.41. The highest BCUT2D eigenvalue weighted by atomic mass is 16.5. The van der Waals surface area contributed by atoms with Crippen LogP contribution in [0.15, 0.2) is 4.52 Å². The highest BCUT2D eigenvalue weighted by molar-refractivity contribution is 4.88. The molecule has 0 N–H and O–H groups in total. The first-order chi connectivity index (χ1) is 8.52. The molecule has 0 aliphatic carbocycles. The fourth-order valence-corrected chi connectivity index (χ4v) is 2.41. The van der Waals surface area contributed by atoms with Gasteiger partial charge in [0.05, 0.1) is 18.8 Å². The first-order valence-corrected chi connectivity index (χ1v) is 6.72. The molecule has 1 aliphatic heterocycles. The van der Waals surface area contributed by atoms with Crippen molar-refractivity contribution in [3.63, 3.8) is 0 Å². The summed E-state index contributed by atoms with van der Waals surface area (Å²) in [5.41, 5.74) is 0. The SMILES string of the molecule is CC(C)Cc1noc(CN2CC(C)OC(C)C2)n1. The Balaban J connectivity index is 1.90. The van der Waals surface area contributed by atoms with Crippen molar-refractivity contribution in [1.29, 1.82) is 0 Å². The second-order valence-corrected chi connectivity index (χ2v) is 5.65. The van der Waals surface area contributed by atoms with Gasteiger partial charge in [-0.15, -0.1) is 0 Å². The van der Waals surface area contributed by atoms with Gasteiger partial charge in [0.15, 0.2) is 5.82 Å². The molecule has 1 aromatic rings. The highest BCUT2D eigenvalue weighted by Crippen LogP contribution is 2.14. The normalized spacial score (nSPS) is 25.8. The van der Waals surface area contributed by atoms with Crippen LogP contribution in [0, 0.1) is 5.92 Å². The molecule has 0 aromatic carbocycles. The smallest absolute Gasteiger partial charge is 0.240 e. The van der Waals surface area contributed by atoms with Crippen LogP contribution in [0.3, 0.4) is 0 Å². The monoisotopic (exact) mass is 253 g/mol. The van der Waals surface area contributed by atoms with Gasteiger partial charge in [-0.05, 0) is 19.8 Å². The Hall–Kier alpha value is -0.940. The standard InChI is InChI=1S/C13H23N3O2/c1-9(2)5-12-14-13(18-15-12)8-16-6-10(3)17-11(4)7-16/h9-11H,5-8H2,1-4H3. The third-order valence-electron chi connectivity index (χ3n) is 2.96. The van der Waals surface area contributed by atoms with Crippen molar-refractivity contribution >= 4 is 0 Å². The van der Waals surface area contributed by atoms with Gasteiger partial charge in [-0.1, -0.05) is 19.0 Å². The summed E-state index contributed by atoms with van der Waals surface area (Å²) >= 11 is 0. The third-order valence-corrected chi connectivity index (χ3v) is 2.96. The Morgan fingerprint density at radius 1 is 1.28 bits per heavy atom. The summed E-state index contributed by atoms with van der Waals surface area (Å²) in [5, 5.41) is 4.02. The number of hydrogen-bond acceptors (Lipinski definition) is 5. The molecule has 5 nitrogen and oxygen atoms in total. The lowest BCUT2D eigenvalue weighted by molar-refractivity contribution is -0.0725. The van der Waals surface area contributed by atoms with E-state index in [0.29, 0.717) is 11.8 Å². The van der Waals surface area contributed by atoms with Gasteiger partial charge >= 0.3 is 0 Å². The Morgan fingerprint density at radius 2 is 1.94 bits per heavy atom. The van der Waals surface area contributed by atoms with Gasteiger partial charge < -0.3 is 9.26 Å². The van der Waals surface area contributed by atoms with Crippen LogP contribution < -0.4 is 0 Å². The van der Waals surface area contributed by atoms with E-state index >= 15 is 0 Å². The average Bonchev–Trinajstić information content (AvgIpc) is 2.62. The van der Waals surface area contributed by atoms with Crippen molar-refractivity contribution < 1.29 is 9.26 Å². The van der Waals surface area contributed by atoms with E-state index in [9.17, 15) is 0 Å². The Morgan fingerprint density at radius 3 is 2.56 bits per heavy atom. The Bertz CT molecular complexity index is 368. The number of rotatable bonds is 4. The van der Waals surface area contributed by atoms with Crippen LogP contribution in [0.4, 0.5) is 0 Å². The number of aromatic nitrogens is 2. The highest BCUT2D eigenvalue weighted by Gasteiger charge is 2.23. The predicted octanol–water partition coefficient (Wildman–Crippen LogP) is 1.88. The van der Waals surface area contributed by atoms with E-state index in [4.69, 9.17) is 9.26 Å². The molecule has 2 rings (SSSR count). The van der Waals surface area contributed by atoms with Crippen molar-refractivity contribution in [3.8, 4) is 0 Å². The van der Waals surface area contributed by atoms with E-state index in [-0.39, 0.29) is 12.2 Å². The van der Waals surface area contributed by atoms with Crippen molar-refractivity contribution in [2.45, 2.75) is 52.9 Å². The summed E-state index contributed by atoms with van der Waals surface area (Å²) in [4.78, 5) is 6.75. The summed E-state index contributed by atoms with van der Waals surface area (Å²) in [6.45, 7) is 11.1. The fraction of sp³-hybridized carbons (Fsp3) is 0.846. The fourth-order valence-electron chi connectivity index (χ4n) is 2.41. The van der Waals surface area contributed by atoms with Crippen molar-refractivity contribution in [3.05, 3.63) is 11.7 Å². The van der Waals surface area contributed by atoms with Crippen LogP contribution in [-0.2, 0) is 17.7 Å². The minimum absolute atomic E-state index is 0.270. The molecule has 0 spiro atoms. The molecule has 0 saturated carbocycles. The predicted molar refractivity (Wildman–Crippen MR) is 68.1 cm³/mol. The van der Waals surface area contributed by atoms with E-state index < -0.39 is 0 Å². The second kappa shape index (κ2) is 5.80. The third kappa shape index (κ3) is 3.78. The van der Waals surface area contributed by atoms with Gasteiger partial charge in [-0.25, -0.2) is 0 Å². The molecule has 2 unspecified atom stereocenters. The molecule has 1 fully saturated rings. The van der Waals surface area contributed by atoms with E-state index in [1.807, 2.05) is 0 Å². The van der Waals surface area contributed by atoms with Gasteiger partial charge in [-0.3, -0.25) is 4.90 Å². The molecule has 102 valence electrons. The van der Waals surface area contributed by atoms with Crippen LogP contribution in [-0.4, -0.2) is 40.3 Å². The van der Waals surface area contributed by atoms with Crippen molar-refractivity contribution in [1.82, 2.24) is 15.0 Å². The molecule has 1 aliphatic rings. The molecular formula is C13H23N3O2. The molecule has 0 amide bonds. The van der Waals surface area contributed by atoms with Crippen LogP contribution >= 0.6 is 0 Å². The molecule has 18 heavy (non-hydrogen) atoms. The number of nitrogens with zero attached hydrogens (tertiary/aromatic N) is 3. The van der Waals surface area contributed by atoms with Gasteiger partial charge in [0.25, 0.3) is 0 Å². The molecule has 2 atom stereocenters. The molecule has 2 heterocycles. The summed E-state index contributed by atoms with van der Waals surface area (Å²) in [7, 11) is 0. The van der Waals surface area contributed by atoms with Crippen LogP contribution in [0.1, 0.15) is 39.4 Å². The van der Waals surface area contributed by atoms with Crippen LogP contribution in [0.2, 0.25) is 0 Å². The van der Waals surface area contributed by atoms with E-state index in [1.54, 1.807) is 0 Å². The summed E-state index contributed by atoms with van der Waals surface area (Å²) < 4.78 is 11.0. The van der Waals surface area contributed by atoms with Crippen LogP contribution in [0.5, 0.6) is 0 Å². The Labute approximate surface area is 108 Å². The Kier molecular flexibility index (Phi) is 4.35. The lowest BCUT2D eigenvalue weighted by Gasteiger charge is -2.34. The van der Waals surface area contributed by atoms with Gasteiger partial charge in [0.1, 0.15) is 0 Å². The zero-order valence-corrected chi connectivity index (χ0v) is 11.7. The maximum atomic E-state index is 5.70. The van der Waals surface area contributed by atoms with Gasteiger partial charge in [0.2, 0.25) is 5.89 Å². The maximum Gasteiger partial charge on any atom is 0.240 e.